The molecule has 11 heteroatoms. The standard InChI is InChI=1S/C21H20N2O8S/c1-23(2)32(27,28)17-5-3-4-15(10-17)22-19(24)12-30-21(26)13-29-16-8-6-14-7-9-20(25)31-18(14)11-16/h3-11H,12-13H2,1-2H3,(H,22,24). The van der Waals surface area contributed by atoms with Crippen molar-refractivity contribution in [2.24, 2.45) is 0 Å². The van der Waals surface area contributed by atoms with Crippen molar-refractivity contribution in [1.29, 1.82) is 0 Å². The van der Waals surface area contributed by atoms with Gasteiger partial charge in [0.15, 0.2) is 13.2 Å². The number of carbonyl (C=O) groups excluding carboxylic acids is 2. The van der Waals surface area contributed by atoms with Crippen molar-refractivity contribution >= 4 is 38.6 Å². The second-order valence-electron chi connectivity index (χ2n) is 6.77. The molecular weight excluding hydrogens is 440 g/mol. The lowest BCUT2D eigenvalue weighted by atomic mass is 10.2. The van der Waals surface area contributed by atoms with Crippen molar-refractivity contribution in [2.75, 3.05) is 32.6 Å². The second-order valence-corrected chi connectivity index (χ2v) is 8.92. The molecule has 0 aliphatic carbocycles. The first-order valence-corrected chi connectivity index (χ1v) is 10.7. The minimum Gasteiger partial charge on any atom is -0.482 e. The number of carbonyl (C=O) groups is 2. The third kappa shape index (κ3) is 5.71. The largest absolute Gasteiger partial charge is 0.482 e. The maximum absolute atomic E-state index is 12.2. The summed E-state index contributed by atoms with van der Waals surface area (Å²) in [6.45, 7) is -1.05. The highest BCUT2D eigenvalue weighted by atomic mass is 32.2. The molecule has 0 aliphatic rings. The normalized spacial score (nSPS) is 11.3. The van der Waals surface area contributed by atoms with Gasteiger partial charge in [0.05, 0.1) is 4.90 Å². The van der Waals surface area contributed by atoms with Crippen LogP contribution in [0.2, 0.25) is 0 Å². The van der Waals surface area contributed by atoms with Crippen molar-refractivity contribution in [3.05, 3.63) is 65.0 Å². The van der Waals surface area contributed by atoms with Crippen LogP contribution in [0.1, 0.15) is 0 Å². The van der Waals surface area contributed by atoms with Crippen molar-refractivity contribution in [3.8, 4) is 5.75 Å². The molecule has 3 aromatic rings. The van der Waals surface area contributed by atoms with Gasteiger partial charge in [0.25, 0.3) is 5.91 Å². The van der Waals surface area contributed by atoms with E-state index in [1.54, 1.807) is 18.2 Å². The van der Waals surface area contributed by atoms with Crippen LogP contribution in [0.5, 0.6) is 5.75 Å². The van der Waals surface area contributed by atoms with Crippen LogP contribution in [0.25, 0.3) is 11.0 Å². The zero-order valence-corrected chi connectivity index (χ0v) is 18.0. The highest BCUT2D eigenvalue weighted by Crippen LogP contribution is 2.20. The number of anilines is 1. The van der Waals surface area contributed by atoms with E-state index in [1.807, 2.05) is 0 Å². The minimum atomic E-state index is -3.65. The summed E-state index contributed by atoms with van der Waals surface area (Å²) in [4.78, 5) is 35.2. The molecular formula is C21H20N2O8S. The molecule has 0 bridgehead atoms. The SMILES string of the molecule is CN(C)S(=O)(=O)c1cccc(NC(=O)COC(=O)COc2ccc3ccc(=O)oc3c2)c1. The van der Waals surface area contributed by atoms with Gasteiger partial charge < -0.3 is 19.2 Å². The molecule has 0 aliphatic heterocycles. The first-order valence-electron chi connectivity index (χ1n) is 9.30. The highest BCUT2D eigenvalue weighted by Gasteiger charge is 2.18. The fourth-order valence-electron chi connectivity index (χ4n) is 2.60. The molecule has 0 atom stereocenters. The molecule has 168 valence electrons. The number of ether oxygens (including phenoxy) is 2. The third-order valence-electron chi connectivity index (χ3n) is 4.21. The molecule has 0 saturated carbocycles. The van der Waals surface area contributed by atoms with Gasteiger partial charge in [-0.25, -0.2) is 22.3 Å². The van der Waals surface area contributed by atoms with Gasteiger partial charge in [0.1, 0.15) is 11.3 Å². The zero-order chi connectivity index (χ0) is 23.3. The fraction of sp³-hybridized carbons (Fsp3) is 0.190. The summed E-state index contributed by atoms with van der Waals surface area (Å²) in [5.41, 5.74) is 0.0362. The molecule has 0 unspecified atom stereocenters. The molecule has 0 spiro atoms. The monoisotopic (exact) mass is 460 g/mol. The Morgan fingerprint density at radius 3 is 2.53 bits per heavy atom. The van der Waals surface area contributed by atoms with E-state index in [0.717, 1.165) is 4.31 Å². The van der Waals surface area contributed by atoms with Crippen molar-refractivity contribution in [2.45, 2.75) is 4.90 Å². The van der Waals surface area contributed by atoms with Crippen molar-refractivity contribution in [1.82, 2.24) is 4.31 Å². The predicted molar refractivity (Wildman–Crippen MR) is 115 cm³/mol. The van der Waals surface area contributed by atoms with Crippen LogP contribution in [0.15, 0.2) is 68.7 Å². The van der Waals surface area contributed by atoms with Gasteiger partial charge in [-0.3, -0.25) is 4.79 Å². The number of hydrogen-bond donors (Lipinski definition) is 1. The van der Waals surface area contributed by atoms with Gasteiger partial charge in [-0.15, -0.1) is 0 Å². The van der Waals surface area contributed by atoms with Crippen LogP contribution in [-0.2, 0) is 24.3 Å². The Morgan fingerprint density at radius 2 is 1.78 bits per heavy atom. The topological polar surface area (TPSA) is 132 Å². The number of benzene rings is 2. The summed E-state index contributed by atoms with van der Waals surface area (Å²) < 4.78 is 40.6. The maximum Gasteiger partial charge on any atom is 0.344 e. The smallest absolute Gasteiger partial charge is 0.344 e. The summed E-state index contributed by atoms with van der Waals surface area (Å²) in [5, 5.41) is 3.16. The van der Waals surface area contributed by atoms with E-state index in [4.69, 9.17) is 13.9 Å². The molecule has 2 aromatic carbocycles. The van der Waals surface area contributed by atoms with Crippen LogP contribution in [0.4, 0.5) is 5.69 Å². The maximum atomic E-state index is 12.2. The summed E-state index contributed by atoms with van der Waals surface area (Å²) in [6.07, 6.45) is 0. The first-order chi connectivity index (χ1) is 15.1. The third-order valence-corrected chi connectivity index (χ3v) is 6.02. The van der Waals surface area contributed by atoms with Gasteiger partial charge in [-0.05, 0) is 36.4 Å². The van der Waals surface area contributed by atoms with E-state index in [9.17, 15) is 22.8 Å². The Bertz CT molecular complexity index is 1310. The average molecular weight is 460 g/mol. The summed E-state index contributed by atoms with van der Waals surface area (Å²) >= 11 is 0. The number of sulfonamides is 1. The predicted octanol–water partition coefficient (Wildman–Crippen LogP) is 1.60. The second kappa shape index (κ2) is 9.62. The van der Waals surface area contributed by atoms with Gasteiger partial charge in [0.2, 0.25) is 10.0 Å². The van der Waals surface area contributed by atoms with E-state index in [0.29, 0.717) is 11.0 Å². The number of nitrogens with zero attached hydrogens (tertiary/aromatic N) is 1. The first kappa shape index (κ1) is 23.0. The van der Waals surface area contributed by atoms with E-state index >= 15 is 0 Å². The molecule has 32 heavy (non-hydrogen) atoms. The van der Waals surface area contributed by atoms with Gasteiger partial charge in [0, 0.05) is 37.3 Å². The number of nitrogens with one attached hydrogen (secondary N) is 1. The molecule has 10 nitrogen and oxygen atoms in total. The summed E-state index contributed by atoms with van der Waals surface area (Å²) in [6, 6.07) is 13.3. The fourth-order valence-corrected chi connectivity index (χ4v) is 3.55. The van der Waals surface area contributed by atoms with E-state index < -0.39 is 40.7 Å². The number of hydrogen-bond acceptors (Lipinski definition) is 8. The van der Waals surface area contributed by atoms with Crippen LogP contribution in [0.3, 0.4) is 0 Å². The number of fused-ring (bicyclic) bond motifs is 1. The molecule has 0 saturated heterocycles. The molecule has 1 N–H and O–H groups in total. The Morgan fingerprint density at radius 1 is 1.03 bits per heavy atom. The van der Waals surface area contributed by atoms with Crippen LogP contribution >= 0.6 is 0 Å². The van der Waals surface area contributed by atoms with Gasteiger partial charge in [-0.1, -0.05) is 6.07 Å². The van der Waals surface area contributed by atoms with Crippen LogP contribution < -0.4 is 15.7 Å². The van der Waals surface area contributed by atoms with E-state index in [-0.39, 0.29) is 16.3 Å². The quantitative estimate of drug-likeness (QED) is 0.396. The molecule has 0 fully saturated rings. The lowest BCUT2D eigenvalue weighted by molar-refractivity contribution is -0.149. The lowest BCUT2D eigenvalue weighted by Crippen LogP contribution is -2.24. The Kier molecular flexibility index (Phi) is 6.91. The number of rotatable bonds is 8. The van der Waals surface area contributed by atoms with Crippen molar-refractivity contribution < 1.29 is 31.9 Å². The molecule has 3 rings (SSSR count). The van der Waals surface area contributed by atoms with Crippen LogP contribution in [0, 0.1) is 0 Å². The highest BCUT2D eigenvalue weighted by molar-refractivity contribution is 7.89. The van der Waals surface area contributed by atoms with Crippen LogP contribution in [-0.4, -0.2) is 51.9 Å². The van der Waals surface area contributed by atoms with Gasteiger partial charge in [-0.2, -0.15) is 0 Å². The Balaban J connectivity index is 1.51. The molecule has 0 radical (unpaired) electrons. The lowest BCUT2D eigenvalue weighted by Gasteiger charge is -2.13. The van der Waals surface area contributed by atoms with Crippen molar-refractivity contribution in [3.63, 3.8) is 0 Å². The molecule has 1 aromatic heterocycles. The van der Waals surface area contributed by atoms with Gasteiger partial charge >= 0.3 is 11.6 Å². The average Bonchev–Trinajstić information content (AvgIpc) is 2.76. The molecule has 1 amide bonds. The summed E-state index contributed by atoms with van der Waals surface area (Å²) in [7, 11) is -0.857. The Labute approximate surface area is 183 Å². The Hall–Kier alpha value is -3.70. The zero-order valence-electron chi connectivity index (χ0n) is 17.2. The summed E-state index contributed by atoms with van der Waals surface area (Å²) in [5.74, 6) is -1.16. The van der Waals surface area contributed by atoms with E-state index in [1.165, 1.54) is 50.5 Å². The van der Waals surface area contributed by atoms with E-state index in [2.05, 4.69) is 5.32 Å². The molecule has 1 heterocycles. The number of esters is 1. The number of amides is 1. The minimum absolute atomic E-state index is 0.0110.